The Balaban J connectivity index is 1.83. The highest BCUT2D eigenvalue weighted by atomic mass is 79.9. The van der Waals surface area contributed by atoms with Crippen molar-refractivity contribution >= 4 is 15.9 Å². The molecule has 1 aromatic rings. The molecule has 2 unspecified atom stereocenters. The molecule has 2 rings (SSSR count). The summed E-state index contributed by atoms with van der Waals surface area (Å²) in [5, 5.41) is 3.67. The zero-order valence-electron chi connectivity index (χ0n) is 13.3. The number of hydrogen-bond donors (Lipinski definition) is 1. The van der Waals surface area contributed by atoms with Crippen molar-refractivity contribution in [2.45, 2.75) is 39.3 Å². The highest BCUT2D eigenvalue weighted by molar-refractivity contribution is 9.10. The van der Waals surface area contributed by atoms with Gasteiger partial charge in [0.2, 0.25) is 0 Å². The van der Waals surface area contributed by atoms with Gasteiger partial charge in [-0.25, -0.2) is 0 Å². The van der Waals surface area contributed by atoms with Crippen LogP contribution in [0, 0.1) is 5.92 Å². The second-order valence-electron chi connectivity index (χ2n) is 6.24. The SMILES string of the molecule is CC(C)C1CN(CCOc2ccc(Br)cc2)C(C)CCN1. The summed E-state index contributed by atoms with van der Waals surface area (Å²) in [5.74, 6) is 1.62. The summed E-state index contributed by atoms with van der Waals surface area (Å²) in [7, 11) is 0. The van der Waals surface area contributed by atoms with E-state index in [4.69, 9.17) is 4.74 Å². The molecule has 4 heteroatoms. The summed E-state index contributed by atoms with van der Waals surface area (Å²) in [5.41, 5.74) is 0. The molecule has 1 fully saturated rings. The molecule has 0 saturated carbocycles. The van der Waals surface area contributed by atoms with Crippen LogP contribution in [0.1, 0.15) is 27.2 Å². The van der Waals surface area contributed by atoms with Crippen LogP contribution < -0.4 is 10.1 Å². The van der Waals surface area contributed by atoms with Gasteiger partial charge in [0.05, 0.1) is 0 Å². The first-order valence-electron chi connectivity index (χ1n) is 7.92. The summed E-state index contributed by atoms with van der Waals surface area (Å²) in [4.78, 5) is 2.56. The van der Waals surface area contributed by atoms with Gasteiger partial charge in [0.15, 0.2) is 0 Å². The van der Waals surface area contributed by atoms with Crippen LogP contribution in [0.3, 0.4) is 0 Å². The van der Waals surface area contributed by atoms with Crippen molar-refractivity contribution < 1.29 is 4.74 Å². The van der Waals surface area contributed by atoms with Crippen LogP contribution in [0.4, 0.5) is 0 Å². The number of nitrogens with one attached hydrogen (secondary N) is 1. The maximum Gasteiger partial charge on any atom is 0.119 e. The molecule has 1 aliphatic heterocycles. The Bertz CT molecular complexity index is 421. The van der Waals surface area contributed by atoms with Crippen LogP contribution in [-0.4, -0.2) is 43.2 Å². The molecule has 0 aromatic heterocycles. The molecule has 3 nitrogen and oxygen atoms in total. The van der Waals surface area contributed by atoms with E-state index in [0.29, 0.717) is 18.0 Å². The normalized spacial score (nSPS) is 24.0. The average Bonchev–Trinajstić information content (AvgIpc) is 2.64. The van der Waals surface area contributed by atoms with Gasteiger partial charge < -0.3 is 10.1 Å². The van der Waals surface area contributed by atoms with Gasteiger partial charge in [0.25, 0.3) is 0 Å². The summed E-state index contributed by atoms with van der Waals surface area (Å²) >= 11 is 3.44. The molecule has 0 radical (unpaired) electrons. The molecule has 118 valence electrons. The lowest BCUT2D eigenvalue weighted by Gasteiger charge is -2.30. The van der Waals surface area contributed by atoms with Gasteiger partial charge in [-0.05, 0) is 50.1 Å². The Hall–Kier alpha value is -0.580. The lowest BCUT2D eigenvalue weighted by Crippen LogP contribution is -2.44. The van der Waals surface area contributed by atoms with E-state index in [-0.39, 0.29) is 0 Å². The Morgan fingerprint density at radius 3 is 2.71 bits per heavy atom. The van der Waals surface area contributed by atoms with Crippen molar-refractivity contribution in [1.29, 1.82) is 0 Å². The minimum absolute atomic E-state index is 0.586. The molecule has 1 heterocycles. The third kappa shape index (κ3) is 5.28. The third-order valence-corrected chi connectivity index (χ3v) is 4.82. The van der Waals surface area contributed by atoms with Crippen LogP contribution in [0.5, 0.6) is 5.75 Å². The van der Waals surface area contributed by atoms with Crippen LogP contribution in [0.15, 0.2) is 28.7 Å². The van der Waals surface area contributed by atoms with E-state index in [2.05, 4.69) is 46.9 Å². The highest BCUT2D eigenvalue weighted by Crippen LogP contribution is 2.17. The van der Waals surface area contributed by atoms with Crippen molar-refractivity contribution in [1.82, 2.24) is 10.2 Å². The Labute approximate surface area is 137 Å². The first kappa shape index (κ1) is 16.8. The molecular formula is C17H27BrN2O. The molecule has 0 bridgehead atoms. The predicted octanol–water partition coefficient (Wildman–Crippen LogP) is 3.54. The monoisotopic (exact) mass is 354 g/mol. The van der Waals surface area contributed by atoms with Gasteiger partial charge in [-0.3, -0.25) is 4.90 Å². The fourth-order valence-electron chi connectivity index (χ4n) is 2.73. The minimum atomic E-state index is 0.586. The summed E-state index contributed by atoms with van der Waals surface area (Å²) in [6.07, 6.45) is 1.21. The fraction of sp³-hybridized carbons (Fsp3) is 0.647. The fourth-order valence-corrected chi connectivity index (χ4v) is 2.99. The second-order valence-corrected chi connectivity index (χ2v) is 7.16. The molecule has 2 atom stereocenters. The summed E-state index contributed by atoms with van der Waals surface area (Å²) in [6, 6.07) is 9.26. The maximum absolute atomic E-state index is 5.87. The first-order valence-corrected chi connectivity index (χ1v) is 8.71. The van der Waals surface area contributed by atoms with Gasteiger partial charge in [0, 0.05) is 29.6 Å². The van der Waals surface area contributed by atoms with E-state index in [0.717, 1.165) is 36.5 Å². The van der Waals surface area contributed by atoms with E-state index in [9.17, 15) is 0 Å². The maximum atomic E-state index is 5.87. The predicted molar refractivity (Wildman–Crippen MR) is 91.9 cm³/mol. The molecule has 1 N–H and O–H groups in total. The quantitative estimate of drug-likeness (QED) is 0.875. The van der Waals surface area contributed by atoms with Gasteiger partial charge in [-0.2, -0.15) is 0 Å². The van der Waals surface area contributed by atoms with Crippen LogP contribution in [0.2, 0.25) is 0 Å². The number of ether oxygens (including phenoxy) is 1. The third-order valence-electron chi connectivity index (χ3n) is 4.29. The van der Waals surface area contributed by atoms with Gasteiger partial charge in [-0.15, -0.1) is 0 Å². The van der Waals surface area contributed by atoms with Crippen LogP contribution in [-0.2, 0) is 0 Å². The topological polar surface area (TPSA) is 24.5 Å². The lowest BCUT2D eigenvalue weighted by atomic mass is 10.0. The number of nitrogens with zero attached hydrogens (tertiary/aromatic N) is 1. The number of benzene rings is 1. The van der Waals surface area contributed by atoms with Crippen molar-refractivity contribution in [2.24, 2.45) is 5.92 Å². The van der Waals surface area contributed by atoms with E-state index in [1.54, 1.807) is 0 Å². The minimum Gasteiger partial charge on any atom is -0.492 e. The molecular weight excluding hydrogens is 328 g/mol. The molecule has 1 aromatic carbocycles. The number of halogens is 1. The van der Waals surface area contributed by atoms with E-state index in [1.165, 1.54) is 6.42 Å². The standard InChI is InChI=1S/C17H27BrN2O/c1-13(2)17-12-20(14(3)8-9-19-17)10-11-21-16-6-4-15(18)5-7-16/h4-7,13-14,17,19H,8-12H2,1-3H3. The Morgan fingerprint density at radius 2 is 2.05 bits per heavy atom. The Morgan fingerprint density at radius 1 is 1.33 bits per heavy atom. The van der Waals surface area contributed by atoms with Gasteiger partial charge in [0.1, 0.15) is 12.4 Å². The molecule has 1 saturated heterocycles. The molecule has 1 aliphatic rings. The molecule has 0 aliphatic carbocycles. The second kappa shape index (κ2) is 8.16. The average molecular weight is 355 g/mol. The van der Waals surface area contributed by atoms with Crippen molar-refractivity contribution in [3.05, 3.63) is 28.7 Å². The Kier molecular flexibility index (Phi) is 6.52. The van der Waals surface area contributed by atoms with Crippen molar-refractivity contribution in [3.63, 3.8) is 0 Å². The van der Waals surface area contributed by atoms with Crippen molar-refractivity contribution in [3.8, 4) is 5.75 Å². The summed E-state index contributed by atoms with van der Waals surface area (Å²) < 4.78 is 6.95. The van der Waals surface area contributed by atoms with Gasteiger partial charge >= 0.3 is 0 Å². The molecule has 21 heavy (non-hydrogen) atoms. The smallest absolute Gasteiger partial charge is 0.119 e. The number of hydrogen-bond acceptors (Lipinski definition) is 3. The largest absolute Gasteiger partial charge is 0.492 e. The van der Waals surface area contributed by atoms with E-state index >= 15 is 0 Å². The van der Waals surface area contributed by atoms with Gasteiger partial charge in [-0.1, -0.05) is 29.8 Å². The summed E-state index contributed by atoms with van der Waals surface area (Å²) in [6.45, 7) is 10.9. The molecule has 0 spiro atoms. The number of rotatable bonds is 5. The van der Waals surface area contributed by atoms with Crippen LogP contribution >= 0.6 is 15.9 Å². The highest BCUT2D eigenvalue weighted by Gasteiger charge is 2.24. The zero-order valence-corrected chi connectivity index (χ0v) is 14.9. The first-order chi connectivity index (χ1) is 10.1. The van der Waals surface area contributed by atoms with E-state index in [1.807, 2.05) is 24.3 Å². The molecule has 0 amide bonds. The lowest BCUT2D eigenvalue weighted by molar-refractivity contribution is 0.157. The van der Waals surface area contributed by atoms with E-state index < -0.39 is 0 Å². The zero-order chi connectivity index (χ0) is 15.2. The van der Waals surface area contributed by atoms with Crippen LogP contribution in [0.25, 0.3) is 0 Å². The van der Waals surface area contributed by atoms with Crippen molar-refractivity contribution in [2.75, 3.05) is 26.2 Å².